The van der Waals surface area contributed by atoms with Crippen LogP contribution in [0, 0.1) is 36.0 Å². The molecule has 8 nitrogen and oxygen atoms in total. The molecule has 0 amide bonds. The highest BCUT2D eigenvalue weighted by Crippen LogP contribution is 2.53. The van der Waals surface area contributed by atoms with Crippen molar-refractivity contribution in [2.24, 2.45) is 17.3 Å². The molecule has 3 aliphatic rings. The van der Waals surface area contributed by atoms with Crippen molar-refractivity contribution in [3.8, 4) is 11.8 Å². The number of aliphatic hydroxyl groups excluding tert-OH is 1. The number of furan rings is 1. The molecule has 0 saturated heterocycles. The fourth-order valence-electron chi connectivity index (χ4n) is 7.67. The highest BCUT2D eigenvalue weighted by molar-refractivity contribution is 6.02. The van der Waals surface area contributed by atoms with Crippen molar-refractivity contribution in [2.45, 2.75) is 103 Å². The molecule has 2 saturated carbocycles. The number of aliphatic hydroxyl groups is 3. The average molecular weight is 622 g/mol. The summed E-state index contributed by atoms with van der Waals surface area (Å²) >= 11 is 0. The number of rotatable bonds is 7. The molecule has 0 aliphatic heterocycles. The van der Waals surface area contributed by atoms with Gasteiger partial charge >= 0.3 is 5.97 Å². The van der Waals surface area contributed by atoms with Crippen LogP contribution in [0.15, 0.2) is 41.0 Å². The second kappa shape index (κ2) is 14.6. The van der Waals surface area contributed by atoms with E-state index < -0.39 is 34.6 Å². The molecule has 2 aromatic rings. The second-order valence-corrected chi connectivity index (χ2v) is 13.5. The lowest BCUT2D eigenvalue weighted by molar-refractivity contribution is -0.174. The number of benzene rings is 1. The van der Waals surface area contributed by atoms with Gasteiger partial charge in [-0.25, -0.2) is 4.79 Å². The van der Waals surface area contributed by atoms with Crippen LogP contribution in [-0.2, 0) is 21.6 Å². The lowest BCUT2D eigenvalue weighted by atomic mass is 9.53. The second-order valence-electron chi connectivity index (χ2n) is 13.5. The zero-order chi connectivity index (χ0) is 32.8. The van der Waals surface area contributed by atoms with E-state index in [2.05, 4.69) is 30.6 Å². The largest absolute Gasteiger partial charge is 0.468 e. The number of hydrogen-bond donors (Lipinski definition) is 3. The molecule has 1 unspecified atom stereocenters. The minimum Gasteiger partial charge on any atom is -0.468 e. The molecule has 8 heteroatoms. The number of carbonyl (C=O) groups excluding carboxylic acids is 2. The van der Waals surface area contributed by atoms with E-state index in [1.807, 2.05) is 44.2 Å². The topological polar surface area (TPSA) is 120 Å². The van der Waals surface area contributed by atoms with E-state index in [4.69, 9.17) is 9.15 Å². The SMILES string of the molecule is CCN(CC)CC#CCOC(=O)C(O)(c1ccccc1)C1CCCCC1.Cc1coc2c1C(=O)[C@H]1[C@](C)(C2)[C@@H](O)CC[C@@]1(C)O. The Kier molecular flexibility index (Phi) is 11.4. The van der Waals surface area contributed by atoms with E-state index >= 15 is 0 Å². The molecule has 0 bridgehead atoms. The molecular formula is C37H51NO7. The van der Waals surface area contributed by atoms with Crippen molar-refractivity contribution in [3.05, 3.63) is 59.0 Å². The first-order chi connectivity index (χ1) is 21.4. The molecule has 2 fully saturated rings. The fraction of sp³-hybridized carbons (Fsp3) is 0.622. The third-order valence-electron chi connectivity index (χ3n) is 10.4. The Balaban J connectivity index is 0.000000214. The number of hydrogen-bond acceptors (Lipinski definition) is 8. The fourth-order valence-corrected chi connectivity index (χ4v) is 7.67. The van der Waals surface area contributed by atoms with Crippen LogP contribution in [0.25, 0.3) is 0 Å². The number of carbonyl (C=O) groups is 2. The molecule has 246 valence electrons. The number of ether oxygens (including phenoxy) is 1. The Morgan fingerprint density at radius 2 is 1.76 bits per heavy atom. The lowest BCUT2D eigenvalue weighted by Crippen LogP contribution is -2.60. The van der Waals surface area contributed by atoms with Gasteiger partial charge in [-0.3, -0.25) is 9.69 Å². The monoisotopic (exact) mass is 621 g/mol. The van der Waals surface area contributed by atoms with Gasteiger partial charge in [-0.05, 0) is 63.7 Å². The normalized spacial score (nSPS) is 27.6. The van der Waals surface area contributed by atoms with Crippen molar-refractivity contribution in [1.82, 2.24) is 4.90 Å². The molecule has 0 spiro atoms. The lowest BCUT2D eigenvalue weighted by Gasteiger charge is -2.53. The van der Waals surface area contributed by atoms with Crippen LogP contribution in [0.2, 0.25) is 0 Å². The summed E-state index contributed by atoms with van der Waals surface area (Å²) in [5, 5.41) is 32.3. The first-order valence-electron chi connectivity index (χ1n) is 16.5. The average Bonchev–Trinajstić information content (AvgIpc) is 3.41. The van der Waals surface area contributed by atoms with Crippen LogP contribution in [0.1, 0.15) is 99.9 Å². The van der Waals surface area contributed by atoms with Crippen LogP contribution < -0.4 is 0 Å². The smallest absolute Gasteiger partial charge is 0.344 e. The van der Waals surface area contributed by atoms with Gasteiger partial charge in [0.15, 0.2) is 18.0 Å². The predicted octanol–water partition coefficient (Wildman–Crippen LogP) is 5.20. The van der Waals surface area contributed by atoms with Crippen LogP contribution >= 0.6 is 0 Å². The molecular weight excluding hydrogens is 570 g/mol. The summed E-state index contributed by atoms with van der Waals surface area (Å²) in [6, 6.07) is 9.19. The Hall–Kier alpha value is -2.96. The molecule has 3 N–H and O–H groups in total. The van der Waals surface area contributed by atoms with E-state index in [1.165, 1.54) is 0 Å². The van der Waals surface area contributed by atoms with Crippen molar-refractivity contribution < 1.29 is 34.1 Å². The molecule has 1 heterocycles. The van der Waals surface area contributed by atoms with Crippen LogP contribution in [0.3, 0.4) is 0 Å². The number of ketones is 1. The van der Waals surface area contributed by atoms with E-state index in [0.29, 0.717) is 42.7 Å². The van der Waals surface area contributed by atoms with Gasteiger partial charge in [0.05, 0.1) is 36.0 Å². The Labute approximate surface area is 268 Å². The first-order valence-corrected chi connectivity index (χ1v) is 16.5. The van der Waals surface area contributed by atoms with Crippen LogP contribution in [0.5, 0.6) is 0 Å². The first kappa shape index (κ1) is 34.9. The quantitative estimate of drug-likeness (QED) is 0.285. The highest BCUT2D eigenvalue weighted by atomic mass is 16.5. The molecule has 1 aromatic heterocycles. The molecule has 0 radical (unpaired) electrons. The summed E-state index contributed by atoms with van der Waals surface area (Å²) in [6.45, 7) is 12.2. The number of esters is 1. The maximum Gasteiger partial charge on any atom is 0.344 e. The van der Waals surface area contributed by atoms with Crippen molar-refractivity contribution >= 4 is 11.8 Å². The maximum absolute atomic E-state index is 12.8. The molecule has 3 aliphatic carbocycles. The molecule has 1 aromatic carbocycles. The summed E-state index contributed by atoms with van der Waals surface area (Å²) in [5.41, 5.74) is -1.24. The number of Topliss-reactive ketones (excluding diaryl/α,β-unsaturated/α-hetero) is 1. The molecule has 45 heavy (non-hydrogen) atoms. The van der Waals surface area contributed by atoms with Crippen molar-refractivity contribution in [2.75, 3.05) is 26.2 Å². The zero-order valence-electron chi connectivity index (χ0n) is 27.6. The van der Waals surface area contributed by atoms with Gasteiger partial charge in [-0.15, -0.1) is 0 Å². The zero-order valence-corrected chi connectivity index (χ0v) is 27.6. The van der Waals surface area contributed by atoms with Crippen molar-refractivity contribution in [3.63, 3.8) is 0 Å². The van der Waals surface area contributed by atoms with Gasteiger partial charge in [0.25, 0.3) is 0 Å². The summed E-state index contributed by atoms with van der Waals surface area (Å²) in [6.07, 6.45) is 7.40. The molecule has 5 rings (SSSR count). The minimum atomic E-state index is -1.58. The van der Waals surface area contributed by atoms with E-state index in [1.54, 1.807) is 13.2 Å². The Morgan fingerprint density at radius 1 is 1.09 bits per heavy atom. The predicted molar refractivity (Wildman–Crippen MR) is 172 cm³/mol. The van der Waals surface area contributed by atoms with Crippen LogP contribution in [-0.4, -0.2) is 69.9 Å². The number of fused-ring (bicyclic) bond motifs is 2. The summed E-state index contributed by atoms with van der Waals surface area (Å²) in [4.78, 5) is 27.8. The van der Waals surface area contributed by atoms with E-state index in [9.17, 15) is 24.9 Å². The third-order valence-corrected chi connectivity index (χ3v) is 10.4. The third kappa shape index (κ3) is 7.23. The summed E-state index contributed by atoms with van der Waals surface area (Å²) in [7, 11) is 0. The molecule has 5 atom stereocenters. The van der Waals surface area contributed by atoms with Gasteiger partial charge in [0.1, 0.15) is 5.76 Å². The maximum atomic E-state index is 12.8. The van der Waals surface area contributed by atoms with Crippen molar-refractivity contribution in [1.29, 1.82) is 0 Å². The van der Waals surface area contributed by atoms with E-state index in [-0.39, 0.29) is 18.3 Å². The van der Waals surface area contributed by atoms with Gasteiger partial charge in [0, 0.05) is 17.8 Å². The van der Waals surface area contributed by atoms with Gasteiger partial charge in [-0.1, -0.05) is 82.2 Å². The van der Waals surface area contributed by atoms with Gasteiger partial charge in [0.2, 0.25) is 0 Å². The minimum absolute atomic E-state index is 0.0158. The number of aryl methyl sites for hydroxylation is 1. The summed E-state index contributed by atoms with van der Waals surface area (Å²) < 4.78 is 10.9. The standard InChI is InChI=1S/C22H31NO3.C15H20O4/c1-3-23(4-2)17-11-12-18-26-21(24)22(25,19-13-7-5-8-14-19)20-15-9-6-10-16-20;1-8-7-19-9-6-14(2)10(16)4-5-15(3,18)13(14)12(17)11(8)9/h5,7-8,13-14,20,25H,3-4,6,9-10,15-18H2,1-2H3;7,10,13,16,18H,4-6H2,1-3H3/t;10-,13-,14+,15+/m.0/s1. The number of nitrogens with zero attached hydrogens (tertiary/aromatic N) is 1. The summed E-state index contributed by atoms with van der Waals surface area (Å²) in [5.74, 6) is 5.25. The van der Waals surface area contributed by atoms with Crippen LogP contribution in [0.4, 0.5) is 0 Å². The Morgan fingerprint density at radius 3 is 2.40 bits per heavy atom. The van der Waals surface area contributed by atoms with Gasteiger partial charge in [-0.2, -0.15) is 0 Å². The van der Waals surface area contributed by atoms with Gasteiger partial charge < -0.3 is 24.5 Å². The highest BCUT2D eigenvalue weighted by Gasteiger charge is 2.59. The van der Waals surface area contributed by atoms with E-state index in [0.717, 1.165) is 50.8 Å². The Bertz CT molecular complexity index is 1360.